The molecule has 0 radical (unpaired) electrons. The van der Waals surface area contributed by atoms with E-state index in [-0.39, 0.29) is 24.0 Å². The maximum absolute atomic E-state index is 12.2. The van der Waals surface area contributed by atoms with E-state index in [1.165, 1.54) is 19.3 Å². The molecule has 0 aliphatic heterocycles. The highest BCUT2D eigenvalue weighted by atomic mass is 127. The van der Waals surface area contributed by atoms with Gasteiger partial charge in [0.05, 0.1) is 6.10 Å². The summed E-state index contributed by atoms with van der Waals surface area (Å²) in [6.45, 7) is 7.80. The van der Waals surface area contributed by atoms with Crippen LogP contribution in [0.25, 0.3) is 0 Å². The number of nitrogens with one attached hydrogen (secondary N) is 2. The van der Waals surface area contributed by atoms with E-state index in [0.29, 0.717) is 28.9 Å². The molecule has 3 aliphatic rings. The standard InChI is InChI=1S/C20H37N3O2S.HI/c1-4-21-19(22-15-9-7-10-16(13-15)26(24)6-3)23-17-14-18(25-5-2)20(17)11-8-12-20;/h15-18H,4-14H2,1-3H3,(H2,21,22,23);1H. The van der Waals surface area contributed by atoms with Gasteiger partial charge < -0.3 is 15.4 Å². The van der Waals surface area contributed by atoms with Crippen molar-refractivity contribution in [2.45, 2.75) is 95.6 Å². The quantitative estimate of drug-likeness (QED) is 0.312. The zero-order valence-corrected chi connectivity index (χ0v) is 20.3. The molecule has 7 heteroatoms. The first-order chi connectivity index (χ1) is 12.6. The van der Waals surface area contributed by atoms with Gasteiger partial charge in [-0.3, -0.25) is 9.20 Å². The minimum Gasteiger partial charge on any atom is -0.378 e. The maximum Gasteiger partial charge on any atom is 0.191 e. The van der Waals surface area contributed by atoms with Gasteiger partial charge in [0.25, 0.3) is 0 Å². The average molecular weight is 512 g/mol. The fraction of sp³-hybridized carbons (Fsp3) is 0.950. The van der Waals surface area contributed by atoms with E-state index in [9.17, 15) is 4.21 Å². The minimum atomic E-state index is -0.683. The molecule has 0 amide bonds. The van der Waals surface area contributed by atoms with Crippen LogP contribution in [-0.2, 0) is 15.5 Å². The third-order valence-electron chi connectivity index (χ3n) is 6.69. The van der Waals surface area contributed by atoms with E-state index < -0.39 is 10.8 Å². The largest absolute Gasteiger partial charge is 0.378 e. The molecule has 0 aromatic rings. The SMILES string of the molecule is CCN=C(NC1CCCC(S(=O)CC)C1)NC1CC(OCC)C12CCC2.I. The lowest BCUT2D eigenvalue weighted by Gasteiger charge is -2.61. The molecule has 5 atom stereocenters. The van der Waals surface area contributed by atoms with Gasteiger partial charge in [-0.25, -0.2) is 0 Å². The number of guanidine groups is 1. The number of aliphatic imine (C=N–C) groups is 1. The van der Waals surface area contributed by atoms with Gasteiger partial charge in [-0.05, 0) is 52.4 Å². The Morgan fingerprint density at radius 1 is 1.15 bits per heavy atom. The predicted octanol–water partition coefficient (Wildman–Crippen LogP) is 3.59. The third-order valence-corrected chi connectivity index (χ3v) is 8.43. The molecule has 0 aromatic carbocycles. The van der Waals surface area contributed by atoms with Crippen molar-refractivity contribution >= 4 is 40.7 Å². The first kappa shape index (κ1) is 23.4. The Balaban J connectivity index is 0.00000261. The van der Waals surface area contributed by atoms with Crippen LogP contribution in [0, 0.1) is 5.41 Å². The van der Waals surface area contributed by atoms with E-state index in [1.54, 1.807) is 0 Å². The second-order valence-corrected chi connectivity index (χ2v) is 10.1. The number of rotatable bonds is 7. The number of hydrogen-bond donors (Lipinski definition) is 2. The fourth-order valence-corrected chi connectivity index (χ4v) is 6.39. The molecule has 5 nitrogen and oxygen atoms in total. The molecule has 2 N–H and O–H groups in total. The average Bonchev–Trinajstić information content (AvgIpc) is 2.59. The Kier molecular flexibility index (Phi) is 9.32. The molecule has 5 unspecified atom stereocenters. The monoisotopic (exact) mass is 511 g/mol. The first-order valence-corrected chi connectivity index (χ1v) is 12.1. The molecule has 158 valence electrons. The van der Waals surface area contributed by atoms with Gasteiger partial charge in [-0.2, -0.15) is 0 Å². The van der Waals surface area contributed by atoms with Gasteiger partial charge in [0.1, 0.15) is 0 Å². The molecule has 0 aromatic heterocycles. The summed E-state index contributed by atoms with van der Waals surface area (Å²) in [6, 6.07) is 0.872. The molecule has 0 heterocycles. The highest BCUT2D eigenvalue weighted by Gasteiger charge is 2.59. The molecular formula is C20H38IN3O2S. The summed E-state index contributed by atoms with van der Waals surface area (Å²) in [4.78, 5) is 4.70. The van der Waals surface area contributed by atoms with Gasteiger partial charge in [-0.15, -0.1) is 24.0 Å². The van der Waals surface area contributed by atoms with Gasteiger partial charge in [-0.1, -0.05) is 19.8 Å². The fourth-order valence-electron chi connectivity index (χ4n) is 5.04. The van der Waals surface area contributed by atoms with Crippen molar-refractivity contribution in [3.05, 3.63) is 0 Å². The molecule has 3 fully saturated rings. The molecule has 1 spiro atoms. The summed E-state index contributed by atoms with van der Waals surface area (Å²) in [6.07, 6.45) is 9.80. The summed E-state index contributed by atoms with van der Waals surface area (Å²) in [7, 11) is -0.683. The van der Waals surface area contributed by atoms with E-state index >= 15 is 0 Å². The normalized spacial score (nSPS) is 33.4. The first-order valence-electron chi connectivity index (χ1n) is 10.7. The van der Waals surface area contributed by atoms with Crippen LogP contribution < -0.4 is 10.6 Å². The second kappa shape index (κ2) is 10.8. The van der Waals surface area contributed by atoms with E-state index in [4.69, 9.17) is 9.73 Å². The van der Waals surface area contributed by atoms with E-state index in [0.717, 1.165) is 57.0 Å². The highest BCUT2D eigenvalue weighted by molar-refractivity contribution is 14.0. The van der Waals surface area contributed by atoms with Crippen LogP contribution in [0.1, 0.15) is 72.1 Å². The Labute approximate surface area is 184 Å². The van der Waals surface area contributed by atoms with Crippen LogP contribution in [0.3, 0.4) is 0 Å². The van der Waals surface area contributed by atoms with Crippen molar-refractivity contribution in [2.24, 2.45) is 10.4 Å². The van der Waals surface area contributed by atoms with Gasteiger partial charge in [0.15, 0.2) is 5.96 Å². The van der Waals surface area contributed by atoms with Crippen molar-refractivity contribution in [3.8, 4) is 0 Å². The Bertz CT molecular complexity index is 527. The van der Waals surface area contributed by atoms with Crippen molar-refractivity contribution in [1.82, 2.24) is 10.6 Å². The van der Waals surface area contributed by atoms with Crippen LogP contribution in [0.2, 0.25) is 0 Å². The minimum absolute atomic E-state index is 0. The predicted molar refractivity (Wildman–Crippen MR) is 124 cm³/mol. The van der Waals surface area contributed by atoms with Crippen LogP contribution in [-0.4, -0.2) is 52.5 Å². The van der Waals surface area contributed by atoms with E-state index in [1.807, 2.05) is 6.92 Å². The Hall–Kier alpha value is 0.110. The van der Waals surface area contributed by atoms with Crippen LogP contribution in [0.15, 0.2) is 4.99 Å². The molecule has 27 heavy (non-hydrogen) atoms. The number of ether oxygens (including phenoxy) is 1. The molecule has 0 bridgehead atoms. The van der Waals surface area contributed by atoms with Crippen molar-refractivity contribution in [2.75, 3.05) is 18.9 Å². The van der Waals surface area contributed by atoms with Crippen LogP contribution >= 0.6 is 24.0 Å². The zero-order valence-electron chi connectivity index (χ0n) is 17.2. The number of halogens is 1. The van der Waals surface area contributed by atoms with Crippen molar-refractivity contribution < 1.29 is 8.95 Å². The smallest absolute Gasteiger partial charge is 0.191 e. The summed E-state index contributed by atoms with van der Waals surface area (Å²) in [5.74, 6) is 1.72. The van der Waals surface area contributed by atoms with Crippen LogP contribution in [0.5, 0.6) is 0 Å². The lowest BCUT2D eigenvalue weighted by molar-refractivity contribution is -0.168. The molecule has 0 saturated heterocycles. The summed E-state index contributed by atoms with van der Waals surface area (Å²) < 4.78 is 18.2. The molecule has 3 saturated carbocycles. The third kappa shape index (κ3) is 5.18. The van der Waals surface area contributed by atoms with Gasteiger partial charge >= 0.3 is 0 Å². The van der Waals surface area contributed by atoms with Crippen LogP contribution in [0.4, 0.5) is 0 Å². The number of nitrogens with zero attached hydrogens (tertiary/aromatic N) is 1. The van der Waals surface area contributed by atoms with E-state index in [2.05, 4.69) is 24.5 Å². The highest BCUT2D eigenvalue weighted by Crippen LogP contribution is 2.57. The Morgan fingerprint density at radius 2 is 1.93 bits per heavy atom. The molecule has 3 rings (SSSR count). The van der Waals surface area contributed by atoms with Gasteiger partial charge in [0.2, 0.25) is 0 Å². The van der Waals surface area contributed by atoms with Crippen molar-refractivity contribution in [3.63, 3.8) is 0 Å². The maximum atomic E-state index is 12.2. The molecule has 3 aliphatic carbocycles. The lowest BCUT2D eigenvalue weighted by atomic mass is 9.51. The topological polar surface area (TPSA) is 62.7 Å². The Morgan fingerprint density at radius 3 is 2.52 bits per heavy atom. The number of hydrogen-bond acceptors (Lipinski definition) is 3. The summed E-state index contributed by atoms with van der Waals surface area (Å²) in [5, 5.41) is 7.73. The van der Waals surface area contributed by atoms with Gasteiger partial charge in [0, 0.05) is 52.5 Å². The molecular weight excluding hydrogens is 473 g/mol. The zero-order chi connectivity index (χ0) is 18.6. The lowest BCUT2D eigenvalue weighted by Crippen LogP contribution is -2.69. The summed E-state index contributed by atoms with van der Waals surface area (Å²) >= 11 is 0. The summed E-state index contributed by atoms with van der Waals surface area (Å²) in [5.41, 5.74) is 0.338. The van der Waals surface area contributed by atoms with Crippen molar-refractivity contribution in [1.29, 1.82) is 0 Å². The second-order valence-electron chi connectivity index (χ2n) is 8.09.